The largest absolute Gasteiger partial charge is 0.465 e. The summed E-state index contributed by atoms with van der Waals surface area (Å²) in [5.41, 5.74) is 5.84. The molecule has 0 spiro atoms. The van der Waals surface area contributed by atoms with Gasteiger partial charge in [-0.15, -0.1) is 0 Å². The smallest absolute Gasteiger partial charge is 0.337 e. The Hall–Kier alpha value is -1.77. The van der Waals surface area contributed by atoms with E-state index in [1.807, 2.05) is 12.1 Å². The molecule has 3 rings (SSSR count). The Morgan fingerprint density at radius 1 is 1.33 bits per heavy atom. The van der Waals surface area contributed by atoms with E-state index in [-0.39, 0.29) is 5.97 Å². The second-order valence-electron chi connectivity index (χ2n) is 4.99. The predicted octanol–water partition coefficient (Wildman–Crippen LogP) is 2.99. The zero-order chi connectivity index (χ0) is 12.9. The van der Waals surface area contributed by atoms with E-state index >= 15 is 0 Å². The number of aromatic nitrogens is 1. The lowest BCUT2D eigenvalue weighted by atomic mass is 9.99. The van der Waals surface area contributed by atoms with Gasteiger partial charge in [0, 0.05) is 17.6 Å². The van der Waals surface area contributed by atoms with Crippen LogP contribution in [0.2, 0.25) is 0 Å². The van der Waals surface area contributed by atoms with Gasteiger partial charge in [0.2, 0.25) is 0 Å². The van der Waals surface area contributed by atoms with Crippen LogP contribution in [0.25, 0.3) is 10.9 Å². The molecule has 1 aliphatic heterocycles. The monoisotopic (exact) mass is 243 g/mol. The quantitative estimate of drug-likeness (QED) is 0.721. The molecule has 0 N–H and O–H groups in total. The highest BCUT2D eigenvalue weighted by Gasteiger charge is 2.20. The Morgan fingerprint density at radius 2 is 2.11 bits per heavy atom. The fraction of sp³-hybridized carbons (Fsp3) is 0.400. The summed E-state index contributed by atoms with van der Waals surface area (Å²) in [6, 6.07) is 3.96. The molecule has 3 heteroatoms. The molecule has 18 heavy (non-hydrogen) atoms. The van der Waals surface area contributed by atoms with Crippen LogP contribution in [0.3, 0.4) is 0 Å². The molecular formula is C15H17NO2. The first kappa shape index (κ1) is 11.3. The molecular weight excluding hydrogens is 226 g/mol. The maximum atomic E-state index is 11.7. The number of carbonyl (C=O) groups excluding carboxylic acids is 1. The molecule has 1 aromatic heterocycles. The molecule has 0 bridgehead atoms. The standard InChI is InChI=1S/C15H17NO2/c1-9-10(2)16-6-4-5-11-7-12(15(17)18-3)8-13(9)14(11)16/h7-8H,4-6H2,1-3H3. The molecule has 0 amide bonds. The van der Waals surface area contributed by atoms with E-state index in [0.717, 1.165) is 19.4 Å². The average Bonchev–Trinajstić information content (AvgIpc) is 2.65. The van der Waals surface area contributed by atoms with Gasteiger partial charge in [-0.1, -0.05) is 0 Å². The number of ether oxygens (including phenoxy) is 1. The van der Waals surface area contributed by atoms with Gasteiger partial charge in [-0.25, -0.2) is 4.79 Å². The predicted molar refractivity (Wildman–Crippen MR) is 71.1 cm³/mol. The Kier molecular flexibility index (Phi) is 2.44. The topological polar surface area (TPSA) is 31.2 Å². The second kappa shape index (κ2) is 3.87. The van der Waals surface area contributed by atoms with E-state index in [0.29, 0.717) is 5.56 Å². The van der Waals surface area contributed by atoms with Crippen LogP contribution in [0.15, 0.2) is 12.1 Å². The molecule has 2 heterocycles. The molecule has 94 valence electrons. The van der Waals surface area contributed by atoms with Crippen molar-refractivity contribution < 1.29 is 9.53 Å². The van der Waals surface area contributed by atoms with E-state index in [2.05, 4.69) is 18.4 Å². The number of esters is 1. The van der Waals surface area contributed by atoms with Crippen LogP contribution in [0.1, 0.15) is 33.6 Å². The summed E-state index contributed by atoms with van der Waals surface area (Å²) in [5.74, 6) is -0.247. The Morgan fingerprint density at radius 3 is 2.83 bits per heavy atom. The van der Waals surface area contributed by atoms with Crippen LogP contribution in [-0.4, -0.2) is 17.6 Å². The number of carbonyl (C=O) groups is 1. The van der Waals surface area contributed by atoms with Gasteiger partial charge in [-0.2, -0.15) is 0 Å². The van der Waals surface area contributed by atoms with Gasteiger partial charge in [-0.3, -0.25) is 0 Å². The Bertz CT molecular complexity index is 652. The number of methoxy groups -OCH3 is 1. The van der Waals surface area contributed by atoms with Crippen molar-refractivity contribution in [2.75, 3.05) is 7.11 Å². The first-order valence-corrected chi connectivity index (χ1v) is 6.34. The van der Waals surface area contributed by atoms with E-state index in [9.17, 15) is 4.79 Å². The molecule has 0 fully saturated rings. The van der Waals surface area contributed by atoms with Crippen molar-refractivity contribution in [1.82, 2.24) is 4.57 Å². The van der Waals surface area contributed by atoms with Crippen molar-refractivity contribution in [3.05, 3.63) is 34.5 Å². The SMILES string of the molecule is COC(=O)c1cc2c3c(c1)c(C)c(C)n3CCC2. The fourth-order valence-electron chi connectivity index (χ4n) is 3.00. The molecule has 1 aliphatic rings. The number of nitrogens with zero attached hydrogens (tertiary/aromatic N) is 1. The van der Waals surface area contributed by atoms with Crippen molar-refractivity contribution in [2.24, 2.45) is 0 Å². The van der Waals surface area contributed by atoms with Gasteiger partial charge in [0.05, 0.1) is 18.2 Å². The third-order valence-corrected chi connectivity index (χ3v) is 4.06. The van der Waals surface area contributed by atoms with Crippen molar-refractivity contribution in [1.29, 1.82) is 0 Å². The zero-order valence-electron chi connectivity index (χ0n) is 11.0. The van der Waals surface area contributed by atoms with Crippen molar-refractivity contribution in [3.63, 3.8) is 0 Å². The maximum Gasteiger partial charge on any atom is 0.337 e. The van der Waals surface area contributed by atoms with Crippen molar-refractivity contribution >= 4 is 16.9 Å². The van der Waals surface area contributed by atoms with Gasteiger partial charge in [0.15, 0.2) is 0 Å². The fourth-order valence-corrected chi connectivity index (χ4v) is 3.00. The summed E-state index contributed by atoms with van der Waals surface area (Å²) in [6.07, 6.45) is 2.19. The lowest BCUT2D eigenvalue weighted by Gasteiger charge is -2.17. The van der Waals surface area contributed by atoms with Crippen LogP contribution in [0.4, 0.5) is 0 Å². The molecule has 2 aromatic rings. The molecule has 1 aromatic carbocycles. The van der Waals surface area contributed by atoms with Crippen molar-refractivity contribution in [3.8, 4) is 0 Å². The third-order valence-electron chi connectivity index (χ3n) is 4.06. The van der Waals surface area contributed by atoms with E-state index in [1.165, 1.54) is 34.8 Å². The summed E-state index contributed by atoms with van der Waals surface area (Å²) < 4.78 is 7.21. The van der Waals surface area contributed by atoms with E-state index in [1.54, 1.807) is 0 Å². The van der Waals surface area contributed by atoms with Gasteiger partial charge in [0.1, 0.15) is 0 Å². The van der Waals surface area contributed by atoms with Crippen LogP contribution in [-0.2, 0) is 17.7 Å². The van der Waals surface area contributed by atoms with Crippen LogP contribution >= 0.6 is 0 Å². The second-order valence-corrected chi connectivity index (χ2v) is 4.99. The molecule has 0 saturated heterocycles. The van der Waals surface area contributed by atoms with E-state index < -0.39 is 0 Å². The van der Waals surface area contributed by atoms with Crippen LogP contribution in [0, 0.1) is 13.8 Å². The summed E-state index contributed by atoms with van der Waals surface area (Å²) in [5, 5.41) is 1.20. The first-order chi connectivity index (χ1) is 8.63. The number of benzene rings is 1. The Labute approximate surface area is 106 Å². The minimum absolute atomic E-state index is 0.247. The van der Waals surface area contributed by atoms with Crippen LogP contribution in [0.5, 0.6) is 0 Å². The van der Waals surface area contributed by atoms with E-state index in [4.69, 9.17) is 4.74 Å². The summed E-state index contributed by atoms with van der Waals surface area (Å²) in [7, 11) is 1.43. The molecule has 0 aliphatic carbocycles. The third kappa shape index (κ3) is 1.40. The highest BCUT2D eigenvalue weighted by atomic mass is 16.5. The molecule has 0 unspecified atom stereocenters. The van der Waals surface area contributed by atoms with Gasteiger partial charge in [0.25, 0.3) is 0 Å². The normalized spacial score (nSPS) is 13.9. The van der Waals surface area contributed by atoms with Gasteiger partial charge < -0.3 is 9.30 Å². The highest BCUT2D eigenvalue weighted by molar-refractivity contribution is 5.98. The Balaban J connectivity index is 2.36. The summed E-state index contributed by atoms with van der Waals surface area (Å²) in [4.78, 5) is 11.7. The summed E-state index contributed by atoms with van der Waals surface area (Å²) >= 11 is 0. The minimum Gasteiger partial charge on any atom is -0.465 e. The lowest BCUT2D eigenvalue weighted by Crippen LogP contribution is -2.10. The van der Waals surface area contributed by atoms with Gasteiger partial charge >= 0.3 is 5.97 Å². The number of aryl methyl sites for hydroxylation is 3. The molecule has 0 saturated carbocycles. The van der Waals surface area contributed by atoms with Crippen LogP contribution < -0.4 is 0 Å². The zero-order valence-corrected chi connectivity index (χ0v) is 11.0. The van der Waals surface area contributed by atoms with Crippen molar-refractivity contribution in [2.45, 2.75) is 33.2 Å². The number of rotatable bonds is 1. The minimum atomic E-state index is -0.247. The first-order valence-electron chi connectivity index (χ1n) is 6.34. The number of hydrogen-bond acceptors (Lipinski definition) is 2. The summed E-state index contributed by atoms with van der Waals surface area (Å²) in [6.45, 7) is 5.37. The lowest BCUT2D eigenvalue weighted by molar-refractivity contribution is 0.0601. The average molecular weight is 243 g/mol. The maximum absolute atomic E-state index is 11.7. The van der Waals surface area contributed by atoms with Gasteiger partial charge in [-0.05, 0) is 49.9 Å². The molecule has 3 nitrogen and oxygen atoms in total. The molecule has 0 radical (unpaired) electrons. The number of hydrogen-bond donors (Lipinski definition) is 0. The highest BCUT2D eigenvalue weighted by Crippen LogP contribution is 2.33. The molecule has 0 atom stereocenters.